The van der Waals surface area contributed by atoms with Crippen LogP contribution in [0.15, 0.2) is 59.0 Å². The van der Waals surface area contributed by atoms with Gasteiger partial charge in [0.05, 0.1) is 10.6 Å². The molecule has 0 radical (unpaired) electrons. The molecule has 0 unspecified atom stereocenters. The predicted molar refractivity (Wildman–Crippen MR) is 113 cm³/mol. The number of carbonyl (C=O) groups is 1. The van der Waals surface area contributed by atoms with Gasteiger partial charge in [-0.05, 0) is 62.4 Å². The van der Waals surface area contributed by atoms with Gasteiger partial charge in [0.1, 0.15) is 5.52 Å². The fourth-order valence-electron chi connectivity index (χ4n) is 3.09. The number of halogens is 2. The van der Waals surface area contributed by atoms with Crippen LogP contribution >= 0.6 is 23.2 Å². The lowest BCUT2D eigenvalue weighted by Crippen LogP contribution is -2.12. The van der Waals surface area contributed by atoms with Crippen molar-refractivity contribution >= 4 is 45.9 Å². The highest BCUT2D eigenvalue weighted by Gasteiger charge is 2.13. The fraction of sp³-hybridized carbons (Fsp3) is 0.0909. The summed E-state index contributed by atoms with van der Waals surface area (Å²) in [5.41, 5.74) is 5.22. The Morgan fingerprint density at radius 2 is 1.71 bits per heavy atom. The van der Waals surface area contributed by atoms with Crippen LogP contribution in [0.5, 0.6) is 0 Å². The lowest BCUT2D eigenvalue weighted by Gasteiger charge is -2.07. The molecule has 1 heterocycles. The number of fused-ring (bicyclic) bond motifs is 1. The predicted octanol–water partition coefficient (Wildman–Crippen LogP) is 6.67. The average molecular weight is 411 g/mol. The minimum Gasteiger partial charge on any atom is -0.436 e. The van der Waals surface area contributed by atoms with Gasteiger partial charge in [-0.15, -0.1) is 0 Å². The number of benzene rings is 3. The molecule has 28 heavy (non-hydrogen) atoms. The summed E-state index contributed by atoms with van der Waals surface area (Å²) in [4.78, 5) is 17.1. The van der Waals surface area contributed by atoms with Crippen molar-refractivity contribution in [2.75, 3.05) is 5.32 Å². The first-order chi connectivity index (χ1) is 13.4. The van der Waals surface area contributed by atoms with Crippen molar-refractivity contribution in [1.82, 2.24) is 4.98 Å². The molecule has 0 aliphatic carbocycles. The maximum absolute atomic E-state index is 12.6. The van der Waals surface area contributed by atoms with E-state index in [2.05, 4.69) is 10.3 Å². The highest BCUT2D eigenvalue weighted by molar-refractivity contribution is 6.36. The lowest BCUT2D eigenvalue weighted by atomic mass is 10.1. The van der Waals surface area contributed by atoms with Gasteiger partial charge >= 0.3 is 0 Å². The van der Waals surface area contributed by atoms with E-state index in [1.807, 2.05) is 32.0 Å². The van der Waals surface area contributed by atoms with Crippen LogP contribution in [0.3, 0.4) is 0 Å². The van der Waals surface area contributed by atoms with E-state index < -0.39 is 0 Å². The SMILES string of the molecule is Cc1cc(C)cc(C(=O)Nc2ccc3oc(-c4ccc(Cl)cc4Cl)nc3c2)c1. The molecule has 0 aliphatic heterocycles. The summed E-state index contributed by atoms with van der Waals surface area (Å²) >= 11 is 12.2. The van der Waals surface area contributed by atoms with Crippen LogP contribution < -0.4 is 5.32 Å². The number of hydrogen-bond acceptors (Lipinski definition) is 3. The molecule has 140 valence electrons. The smallest absolute Gasteiger partial charge is 0.255 e. The number of rotatable bonds is 3. The van der Waals surface area contributed by atoms with Gasteiger partial charge in [0.25, 0.3) is 5.91 Å². The van der Waals surface area contributed by atoms with Crippen LogP contribution in [-0.2, 0) is 0 Å². The van der Waals surface area contributed by atoms with Crippen molar-refractivity contribution < 1.29 is 9.21 Å². The summed E-state index contributed by atoms with van der Waals surface area (Å²) in [7, 11) is 0. The Morgan fingerprint density at radius 3 is 2.43 bits per heavy atom. The van der Waals surface area contributed by atoms with Crippen molar-refractivity contribution in [2.45, 2.75) is 13.8 Å². The normalized spacial score (nSPS) is 11.0. The molecular weight excluding hydrogens is 395 g/mol. The Bertz CT molecular complexity index is 1190. The molecule has 0 atom stereocenters. The van der Waals surface area contributed by atoms with Crippen molar-refractivity contribution in [3.63, 3.8) is 0 Å². The molecule has 4 nitrogen and oxygen atoms in total. The summed E-state index contributed by atoms with van der Waals surface area (Å²) in [6, 6.07) is 16.2. The first-order valence-corrected chi connectivity index (χ1v) is 9.40. The molecule has 1 N–H and O–H groups in total. The third kappa shape index (κ3) is 3.75. The molecule has 1 amide bonds. The summed E-state index contributed by atoms with van der Waals surface area (Å²) in [6.07, 6.45) is 0. The van der Waals surface area contributed by atoms with Gasteiger partial charge in [0.2, 0.25) is 5.89 Å². The van der Waals surface area contributed by atoms with Crippen molar-refractivity contribution in [3.05, 3.63) is 81.3 Å². The third-order valence-corrected chi connectivity index (χ3v) is 4.84. The second kappa shape index (κ2) is 7.30. The number of aromatic nitrogens is 1. The summed E-state index contributed by atoms with van der Waals surface area (Å²) in [6.45, 7) is 3.93. The van der Waals surface area contributed by atoms with Gasteiger partial charge in [-0.1, -0.05) is 40.4 Å². The van der Waals surface area contributed by atoms with Gasteiger partial charge in [-0.25, -0.2) is 4.98 Å². The Morgan fingerprint density at radius 1 is 0.964 bits per heavy atom. The highest BCUT2D eigenvalue weighted by atomic mass is 35.5. The van der Waals surface area contributed by atoms with E-state index in [0.29, 0.717) is 43.9 Å². The monoisotopic (exact) mass is 410 g/mol. The van der Waals surface area contributed by atoms with Gasteiger partial charge in [0.15, 0.2) is 5.58 Å². The minimum atomic E-state index is -0.171. The number of anilines is 1. The first-order valence-electron chi connectivity index (χ1n) is 8.65. The minimum absolute atomic E-state index is 0.171. The third-order valence-electron chi connectivity index (χ3n) is 4.29. The van der Waals surface area contributed by atoms with Crippen LogP contribution in [0.1, 0.15) is 21.5 Å². The van der Waals surface area contributed by atoms with Crippen LogP contribution in [0.4, 0.5) is 5.69 Å². The quantitative estimate of drug-likeness (QED) is 0.410. The zero-order chi connectivity index (χ0) is 19.8. The van der Waals surface area contributed by atoms with Crippen LogP contribution in [0.2, 0.25) is 10.0 Å². The Balaban J connectivity index is 1.63. The molecule has 0 saturated heterocycles. The number of hydrogen-bond donors (Lipinski definition) is 1. The van der Waals surface area contributed by atoms with Gasteiger partial charge < -0.3 is 9.73 Å². The fourth-order valence-corrected chi connectivity index (χ4v) is 3.58. The second-order valence-electron chi connectivity index (χ2n) is 6.66. The van der Waals surface area contributed by atoms with Gasteiger partial charge in [-0.2, -0.15) is 0 Å². The Hall–Kier alpha value is -2.82. The van der Waals surface area contributed by atoms with Crippen LogP contribution in [-0.4, -0.2) is 10.9 Å². The van der Waals surface area contributed by atoms with E-state index in [0.717, 1.165) is 11.1 Å². The standard InChI is InChI=1S/C22H16Cl2N2O2/c1-12-7-13(2)9-14(8-12)21(27)25-16-4-6-20-19(11-16)26-22(28-20)17-5-3-15(23)10-18(17)24/h3-11H,1-2H3,(H,25,27). The first kappa shape index (κ1) is 18.5. The zero-order valence-electron chi connectivity index (χ0n) is 15.2. The zero-order valence-corrected chi connectivity index (χ0v) is 16.7. The second-order valence-corrected chi connectivity index (χ2v) is 7.50. The number of aryl methyl sites for hydroxylation is 2. The van der Waals surface area contributed by atoms with Crippen molar-refractivity contribution in [2.24, 2.45) is 0 Å². The Kier molecular flexibility index (Phi) is 4.84. The molecule has 1 aromatic heterocycles. The highest BCUT2D eigenvalue weighted by Crippen LogP contribution is 2.32. The van der Waals surface area contributed by atoms with Gasteiger partial charge in [-0.3, -0.25) is 4.79 Å². The molecule has 0 bridgehead atoms. The number of amides is 1. The van der Waals surface area contributed by atoms with E-state index in [9.17, 15) is 4.79 Å². The van der Waals surface area contributed by atoms with Crippen molar-refractivity contribution in [3.8, 4) is 11.5 Å². The largest absolute Gasteiger partial charge is 0.436 e. The molecule has 4 rings (SSSR count). The molecule has 4 aromatic rings. The maximum atomic E-state index is 12.6. The average Bonchev–Trinajstić information content (AvgIpc) is 3.03. The number of nitrogens with zero attached hydrogens (tertiary/aromatic N) is 1. The molecule has 0 fully saturated rings. The van der Waals surface area contributed by atoms with Crippen molar-refractivity contribution in [1.29, 1.82) is 0 Å². The van der Waals surface area contributed by atoms with E-state index >= 15 is 0 Å². The van der Waals surface area contributed by atoms with E-state index in [4.69, 9.17) is 27.6 Å². The molecular formula is C22H16Cl2N2O2. The summed E-state index contributed by atoms with van der Waals surface area (Å²) in [5, 5.41) is 3.91. The number of carbonyl (C=O) groups excluding carboxylic acids is 1. The van der Waals surface area contributed by atoms with Gasteiger partial charge in [0, 0.05) is 16.3 Å². The number of nitrogens with one attached hydrogen (secondary N) is 1. The molecule has 6 heteroatoms. The van der Waals surface area contributed by atoms with E-state index in [1.54, 1.807) is 36.4 Å². The topological polar surface area (TPSA) is 55.1 Å². The summed E-state index contributed by atoms with van der Waals surface area (Å²) < 4.78 is 5.80. The van der Waals surface area contributed by atoms with E-state index in [-0.39, 0.29) is 5.91 Å². The van der Waals surface area contributed by atoms with E-state index in [1.165, 1.54) is 0 Å². The lowest BCUT2D eigenvalue weighted by molar-refractivity contribution is 0.102. The molecule has 0 saturated carbocycles. The number of oxazole rings is 1. The molecule has 3 aromatic carbocycles. The van der Waals surface area contributed by atoms with Crippen LogP contribution in [0, 0.1) is 13.8 Å². The molecule has 0 aliphatic rings. The Labute approximate surface area is 172 Å². The summed E-state index contributed by atoms with van der Waals surface area (Å²) in [5.74, 6) is 0.227. The maximum Gasteiger partial charge on any atom is 0.255 e. The van der Waals surface area contributed by atoms with Crippen LogP contribution in [0.25, 0.3) is 22.6 Å². The molecule has 0 spiro atoms.